The van der Waals surface area contributed by atoms with Crippen LogP contribution in [0, 0.1) is 45.2 Å². The number of halogens is 1. The van der Waals surface area contributed by atoms with Crippen molar-refractivity contribution in [3.63, 3.8) is 0 Å². The Hall–Kier alpha value is -1.05. The van der Waals surface area contributed by atoms with E-state index in [1.807, 2.05) is 13.0 Å². The Morgan fingerprint density at radius 3 is 2.79 bits per heavy atom. The lowest BCUT2D eigenvalue weighted by atomic mass is 9.47. The highest BCUT2D eigenvalue weighted by Gasteiger charge is 2.56. The van der Waals surface area contributed by atoms with Crippen molar-refractivity contribution in [3.05, 3.63) is 23.3 Å². The van der Waals surface area contributed by atoms with E-state index in [-0.39, 0.29) is 28.6 Å². The van der Waals surface area contributed by atoms with Gasteiger partial charge < -0.3 is 0 Å². The number of hydrogen-bond acceptors (Lipinski definition) is 4. The van der Waals surface area contributed by atoms with E-state index in [4.69, 9.17) is 0 Å². The molecule has 2 saturated carbocycles. The van der Waals surface area contributed by atoms with Crippen LogP contribution in [0.1, 0.15) is 39.5 Å². The van der Waals surface area contributed by atoms with Crippen molar-refractivity contribution in [2.45, 2.75) is 39.5 Å². The second kappa shape index (κ2) is 6.35. The van der Waals surface area contributed by atoms with Crippen LogP contribution < -0.4 is 0 Å². The Morgan fingerprint density at radius 2 is 2.12 bits per heavy atom. The van der Waals surface area contributed by atoms with E-state index >= 15 is 0 Å². The van der Waals surface area contributed by atoms with Crippen molar-refractivity contribution in [1.29, 1.82) is 5.26 Å². The summed E-state index contributed by atoms with van der Waals surface area (Å²) in [5, 5.41) is 12.4. The predicted octanol–water partition coefficient (Wildman–Crippen LogP) is 4.39. The van der Waals surface area contributed by atoms with Crippen LogP contribution in [0.25, 0.3) is 0 Å². The zero-order valence-corrected chi connectivity index (χ0v) is 16.7. The van der Waals surface area contributed by atoms with Crippen LogP contribution in [0.2, 0.25) is 0 Å². The average molecular weight is 451 g/mol. The highest BCUT2D eigenvalue weighted by atomic mass is 127. The maximum atomic E-state index is 12.4. The number of ketones is 2. The maximum absolute atomic E-state index is 12.4. The smallest absolute Gasteiger partial charge is 0.196 e. The van der Waals surface area contributed by atoms with Gasteiger partial charge in [0.05, 0.1) is 11.0 Å². The molecule has 0 amide bonds. The summed E-state index contributed by atoms with van der Waals surface area (Å²) in [7, 11) is 1.42. The van der Waals surface area contributed by atoms with E-state index in [0.717, 1.165) is 24.8 Å². The molecule has 0 spiro atoms. The molecule has 0 bridgehead atoms. The van der Waals surface area contributed by atoms with Crippen LogP contribution in [0.15, 0.2) is 23.3 Å². The van der Waals surface area contributed by atoms with Crippen molar-refractivity contribution in [2.75, 3.05) is 0 Å². The summed E-state index contributed by atoms with van der Waals surface area (Å²) in [6.07, 6.45) is 6.41. The number of fused-ring (bicyclic) bond motifs is 3. The van der Waals surface area contributed by atoms with Gasteiger partial charge in [0.1, 0.15) is 11.9 Å². The van der Waals surface area contributed by atoms with Gasteiger partial charge in [0.15, 0.2) is 5.78 Å². The molecule has 124 valence electrons. The summed E-state index contributed by atoms with van der Waals surface area (Å²) in [5.41, 5.74) is 0.465. The number of hydrogen-bond donors (Lipinski definition) is 0. The second-order valence-electron chi connectivity index (χ2n) is 7.19. The van der Waals surface area contributed by atoms with Gasteiger partial charge in [-0.2, -0.15) is 5.26 Å². The quantitative estimate of drug-likeness (QED) is 0.405. The van der Waals surface area contributed by atoms with E-state index in [1.165, 1.54) is 8.93 Å². The van der Waals surface area contributed by atoms with Crippen molar-refractivity contribution in [3.8, 4) is 17.2 Å². The third kappa shape index (κ3) is 2.57. The summed E-state index contributed by atoms with van der Waals surface area (Å²) in [4.78, 5) is 24.6. The molecule has 0 heterocycles. The van der Waals surface area contributed by atoms with Gasteiger partial charge in [-0.3, -0.25) is 9.59 Å². The third-order valence-corrected chi connectivity index (χ3v) is 6.97. The Balaban J connectivity index is 2.16. The molecule has 5 heteroatoms. The summed E-state index contributed by atoms with van der Waals surface area (Å²) in [6, 6.07) is 2.02. The van der Waals surface area contributed by atoms with Crippen molar-refractivity contribution >= 4 is 41.7 Å². The van der Waals surface area contributed by atoms with Gasteiger partial charge in [-0.05, 0) is 62.5 Å². The number of rotatable bonds is 0. The van der Waals surface area contributed by atoms with Gasteiger partial charge in [-0.15, -0.1) is 0 Å². The molecule has 3 aliphatic carbocycles. The second-order valence-corrected chi connectivity index (χ2v) is 8.86. The largest absolute Gasteiger partial charge is 0.299 e. The molecule has 0 aromatic rings. The predicted molar refractivity (Wildman–Crippen MR) is 103 cm³/mol. The minimum atomic E-state index is -0.539. The zero-order valence-electron chi connectivity index (χ0n) is 13.7. The molecule has 24 heavy (non-hydrogen) atoms. The SMILES string of the molecule is CC1C(=O)CCC2(C)C3=CC(=O)C(C#N)=CC3(C#CSI)CCC12. The lowest BCUT2D eigenvalue weighted by Crippen LogP contribution is -2.50. The average Bonchev–Trinajstić information content (AvgIpc) is 2.57. The van der Waals surface area contributed by atoms with E-state index < -0.39 is 5.41 Å². The standard InChI is InChI=1S/C19H18INO2S/c1-12-14-3-6-19(7-8-24-20)10-13(11-21)16(23)9-17(19)18(14,2)5-4-15(12)22/h9-10,12,14H,3-6H2,1-2H3. The fourth-order valence-electron chi connectivity index (χ4n) is 4.84. The highest BCUT2D eigenvalue weighted by Crippen LogP contribution is 2.61. The summed E-state index contributed by atoms with van der Waals surface area (Å²) in [6.45, 7) is 4.20. The minimum absolute atomic E-state index is 0.0194. The van der Waals surface area contributed by atoms with Gasteiger partial charge in [-0.25, -0.2) is 0 Å². The van der Waals surface area contributed by atoms with Crippen LogP contribution in [-0.2, 0) is 9.59 Å². The number of carbonyl (C=O) groups excluding carboxylic acids is 2. The number of nitrogens with zero attached hydrogens (tertiary/aromatic N) is 1. The first-order valence-corrected chi connectivity index (χ1v) is 11.5. The van der Waals surface area contributed by atoms with Crippen molar-refractivity contribution in [1.82, 2.24) is 0 Å². The van der Waals surface area contributed by atoms with Gasteiger partial charge in [0, 0.05) is 33.5 Å². The number of Topliss-reactive ketones (excluding diaryl/α,β-unsaturated/α-hetero) is 1. The Kier molecular flexibility index (Phi) is 4.70. The zero-order chi connectivity index (χ0) is 17.5. The number of carbonyl (C=O) groups is 2. The molecule has 0 aliphatic heterocycles. The lowest BCUT2D eigenvalue weighted by Gasteiger charge is -2.55. The normalized spacial score (nSPS) is 37.9. The van der Waals surface area contributed by atoms with E-state index in [1.54, 1.807) is 12.2 Å². The summed E-state index contributed by atoms with van der Waals surface area (Å²) in [5.74, 6) is 3.70. The Labute approximate surface area is 158 Å². The van der Waals surface area contributed by atoms with Crippen LogP contribution in [0.5, 0.6) is 0 Å². The maximum Gasteiger partial charge on any atom is 0.196 e. The summed E-state index contributed by atoms with van der Waals surface area (Å²) < 4.78 is 0. The van der Waals surface area contributed by atoms with Gasteiger partial charge in [-0.1, -0.05) is 19.8 Å². The third-order valence-electron chi connectivity index (χ3n) is 6.13. The monoisotopic (exact) mass is 451 g/mol. The minimum Gasteiger partial charge on any atom is -0.299 e. The molecular formula is C19H18INO2S. The first-order chi connectivity index (χ1) is 11.4. The fourth-order valence-corrected chi connectivity index (χ4v) is 5.39. The highest BCUT2D eigenvalue weighted by molar-refractivity contribution is 14.2. The van der Waals surface area contributed by atoms with Crippen molar-refractivity contribution in [2.24, 2.45) is 22.7 Å². The molecule has 3 aliphatic rings. The van der Waals surface area contributed by atoms with Gasteiger partial charge in [0.2, 0.25) is 0 Å². The number of nitriles is 1. The lowest BCUT2D eigenvalue weighted by molar-refractivity contribution is -0.131. The molecule has 3 rings (SSSR count). The molecule has 4 unspecified atom stereocenters. The van der Waals surface area contributed by atoms with E-state index in [0.29, 0.717) is 12.2 Å². The van der Waals surface area contributed by atoms with Gasteiger partial charge >= 0.3 is 0 Å². The number of allylic oxidation sites excluding steroid dienone is 4. The first-order valence-electron chi connectivity index (χ1n) is 8.10. The molecular weight excluding hydrogens is 433 g/mol. The first kappa shape index (κ1) is 17.8. The van der Waals surface area contributed by atoms with Crippen LogP contribution in [0.4, 0.5) is 0 Å². The topological polar surface area (TPSA) is 57.9 Å². The molecule has 2 fully saturated rings. The van der Waals surface area contributed by atoms with Crippen LogP contribution in [-0.4, -0.2) is 11.6 Å². The molecule has 0 aromatic carbocycles. The molecule has 0 N–H and O–H groups in total. The molecule has 0 saturated heterocycles. The molecule has 3 nitrogen and oxygen atoms in total. The molecule has 0 aromatic heterocycles. The van der Waals surface area contributed by atoms with E-state index in [9.17, 15) is 14.9 Å². The fraction of sp³-hybridized carbons (Fsp3) is 0.526. The van der Waals surface area contributed by atoms with Crippen LogP contribution >= 0.6 is 30.1 Å². The van der Waals surface area contributed by atoms with E-state index in [2.05, 4.69) is 39.3 Å². The summed E-state index contributed by atoms with van der Waals surface area (Å²) >= 11 is 2.14. The Bertz CT molecular complexity index is 781. The Morgan fingerprint density at radius 1 is 1.38 bits per heavy atom. The molecule has 4 atom stereocenters. The van der Waals surface area contributed by atoms with Crippen LogP contribution in [0.3, 0.4) is 0 Å². The van der Waals surface area contributed by atoms with Crippen molar-refractivity contribution < 1.29 is 9.59 Å². The molecule has 0 radical (unpaired) electrons. The van der Waals surface area contributed by atoms with Gasteiger partial charge in [0.25, 0.3) is 0 Å².